The molecule has 0 N–H and O–H groups in total. The fourth-order valence-electron chi connectivity index (χ4n) is 3.97. The van der Waals surface area contributed by atoms with Gasteiger partial charge in [0.05, 0.1) is 12.7 Å². The Morgan fingerprint density at radius 2 is 1.68 bits per heavy atom. The maximum atomic E-state index is 12.5. The number of piperidine rings is 1. The highest BCUT2D eigenvalue weighted by Gasteiger charge is 2.35. The van der Waals surface area contributed by atoms with Gasteiger partial charge in [0, 0.05) is 31.2 Å². The predicted octanol–water partition coefficient (Wildman–Crippen LogP) is 2.40. The maximum absolute atomic E-state index is 12.5. The van der Waals surface area contributed by atoms with Crippen molar-refractivity contribution in [3.63, 3.8) is 0 Å². The molecular weight excluding hydrogens is 360 g/mol. The van der Waals surface area contributed by atoms with E-state index >= 15 is 0 Å². The van der Waals surface area contributed by atoms with Gasteiger partial charge < -0.3 is 4.90 Å². The van der Waals surface area contributed by atoms with Crippen LogP contribution in [0, 0.1) is 11.8 Å². The maximum Gasteiger partial charge on any atom is 0.226 e. The van der Waals surface area contributed by atoms with E-state index in [2.05, 4.69) is 0 Å². The van der Waals surface area contributed by atoms with Crippen molar-refractivity contribution in [3.05, 3.63) is 34.9 Å². The Labute approximate surface area is 155 Å². The van der Waals surface area contributed by atoms with Crippen LogP contribution in [0.25, 0.3) is 0 Å². The number of hydrogen-bond acceptors (Lipinski definition) is 3. The lowest BCUT2D eigenvalue weighted by atomic mass is 9.84. The van der Waals surface area contributed by atoms with E-state index in [1.165, 1.54) is 6.26 Å². The van der Waals surface area contributed by atoms with Crippen LogP contribution < -0.4 is 0 Å². The number of hydrogen-bond donors (Lipinski definition) is 0. The van der Waals surface area contributed by atoms with Crippen LogP contribution in [0.1, 0.15) is 24.8 Å². The zero-order valence-electron chi connectivity index (χ0n) is 14.5. The van der Waals surface area contributed by atoms with E-state index in [0.29, 0.717) is 36.4 Å². The van der Waals surface area contributed by atoms with Crippen molar-refractivity contribution in [2.45, 2.75) is 25.7 Å². The number of carbonyl (C=O) groups excluding carboxylic acids is 1. The third-order valence-corrected chi connectivity index (χ3v) is 7.04. The SMILES string of the molecule is CS(=O)(=O)N1CCC(C2CCN(C(=O)Cc3ccc(Cl)cc3)C2)CC1. The highest BCUT2D eigenvalue weighted by atomic mass is 35.5. The molecule has 1 aromatic carbocycles. The van der Waals surface area contributed by atoms with Crippen LogP contribution in [0.15, 0.2) is 24.3 Å². The molecule has 1 atom stereocenters. The highest BCUT2D eigenvalue weighted by molar-refractivity contribution is 7.88. The second kappa shape index (κ2) is 7.64. The molecule has 138 valence electrons. The van der Waals surface area contributed by atoms with Crippen LogP contribution in [-0.2, 0) is 21.2 Å². The second-order valence-electron chi connectivity index (χ2n) is 7.19. The minimum Gasteiger partial charge on any atom is -0.342 e. The summed E-state index contributed by atoms with van der Waals surface area (Å²) in [5, 5.41) is 0.679. The van der Waals surface area contributed by atoms with Crippen molar-refractivity contribution < 1.29 is 13.2 Å². The van der Waals surface area contributed by atoms with Gasteiger partial charge in [-0.2, -0.15) is 0 Å². The summed E-state index contributed by atoms with van der Waals surface area (Å²) in [7, 11) is -3.08. The van der Waals surface area contributed by atoms with Gasteiger partial charge in [0.15, 0.2) is 0 Å². The van der Waals surface area contributed by atoms with Crippen molar-refractivity contribution in [3.8, 4) is 0 Å². The summed E-state index contributed by atoms with van der Waals surface area (Å²) < 4.78 is 24.8. The summed E-state index contributed by atoms with van der Waals surface area (Å²) in [5.74, 6) is 1.18. The topological polar surface area (TPSA) is 57.7 Å². The van der Waals surface area contributed by atoms with Crippen molar-refractivity contribution in [1.29, 1.82) is 0 Å². The number of amides is 1. The minimum absolute atomic E-state index is 0.165. The van der Waals surface area contributed by atoms with Crippen LogP contribution in [0.3, 0.4) is 0 Å². The van der Waals surface area contributed by atoms with Gasteiger partial charge in [-0.25, -0.2) is 12.7 Å². The van der Waals surface area contributed by atoms with Crippen LogP contribution in [-0.4, -0.2) is 56.0 Å². The zero-order chi connectivity index (χ0) is 18.0. The number of halogens is 1. The van der Waals surface area contributed by atoms with Gasteiger partial charge in [0.1, 0.15) is 0 Å². The van der Waals surface area contributed by atoms with Gasteiger partial charge in [-0.15, -0.1) is 0 Å². The normalized spacial score (nSPS) is 23.1. The Bertz CT molecular complexity index is 712. The molecule has 0 aliphatic carbocycles. The molecule has 0 bridgehead atoms. The van der Waals surface area contributed by atoms with E-state index in [0.717, 1.165) is 37.9 Å². The number of rotatable bonds is 4. The summed E-state index contributed by atoms with van der Waals surface area (Å²) in [6, 6.07) is 7.42. The van der Waals surface area contributed by atoms with Gasteiger partial charge in [-0.3, -0.25) is 4.79 Å². The summed E-state index contributed by atoms with van der Waals surface area (Å²) >= 11 is 5.88. The molecule has 2 saturated heterocycles. The standard InChI is InChI=1S/C18H25ClN2O3S/c1-25(23,24)21-10-7-15(8-11-21)16-6-9-20(13-16)18(22)12-14-2-4-17(19)5-3-14/h2-5,15-16H,6-13H2,1H3. The molecule has 7 heteroatoms. The van der Waals surface area contributed by atoms with Crippen LogP contribution >= 0.6 is 11.6 Å². The quantitative estimate of drug-likeness (QED) is 0.800. The summed E-state index contributed by atoms with van der Waals surface area (Å²) in [6.45, 7) is 2.83. The lowest BCUT2D eigenvalue weighted by Gasteiger charge is -2.33. The van der Waals surface area contributed by atoms with E-state index in [1.807, 2.05) is 29.2 Å². The van der Waals surface area contributed by atoms with Crippen LogP contribution in [0.5, 0.6) is 0 Å². The number of benzene rings is 1. The fourth-order valence-corrected chi connectivity index (χ4v) is 4.97. The number of sulfonamides is 1. The van der Waals surface area contributed by atoms with E-state index in [-0.39, 0.29) is 5.91 Å². The lowest BCUT2D eigenvalue weighted by molar-refractivity contribution is -0.129. The predicted molar refractivity (Wildman–Crippen MR) is 99.0 cm³/mol. The molecule has 2 aliphatic rings. The molecule has 0 saturated carbocycles. The van der Waals surface area contributed by atoms with Crippen LogP contribution in [0.4, 0.5) is 0 Å². The average Bonchev–Trinajstić information content (AvgIpc) is 3.06. The van der Waals surface area contributed by atoms with E-state index < -0.39 is 10.0 Å². The van der Waals surface area contributed by atoms with Gasteiger partial charge in [-0.1, -0.05) is 23.7 Å². The lowest BCUT2D eigenvalue weighted by Crippen LogP contribution is -2.40. The van der Waals surface area contributed by atoms with E-state index in [4.69, 9.17) is 11.6 Å². The van der Waals surface area contributed by atoms with Crippen molar-refractivity contribution in [1.82, 2.24) is 9.21 Å². The zero-order valence-corrected chi connectivity index (χ0v) is 16.1. The fraction of sp³-hybridized carbons (Fsp3) is 0.611. The largest absolute Gasteiger partial charge is 0.342 e. The molecule has 1 amide bonds. The molecule has 1 unspecified atom stereocenters. The van der Waals surface area contributed by atoms with Gasteiger partial charge in [-0.05, 0) is 48.8 Å². The molecule has 2 heterocycles. The Balaban J connectivity index is 1.50. The van der Waals surface area contributed by atoms with Crippen molar-refractivity contribution >= 4 is 27.5 Å². The van der Waals surface area contributed by atoms with E-state index in [9.17, 15) is 13.2 Å². The first-order valence-electron chi connectivity index (χ1n) is 8.80. The molecule has 5 nitrogen and oxygen atoms in total. The van der Waals surface area contributed by atoms with E-state index in [1.54, 1.807) is 4.31 Å². The monoisotopic (exact) mass is 384 g/mol. The van der Waals surface area contributed by atoms with Crippen molar-refractivity contribution in [2.75, 3.05) is 32.4 Å². The Morgan fingerprint density at radius 1 is 1.08 bits per heavy atom. The number of nitrogens with zero attached hydrogens (tertiary/aromatic N) is 2. The molecule has 2 aliphatic heterocycles. The summed E-state index contributed by atoms with van der Waals surface area (Å²) in [4.78, 5) is 14.5. The van der Waals surface area contributed by atoms with Crippen molar-refractivity contribution in [2.24, 2.45) is 11.8 Å². The molecule has 25 heavy (non-hydrogen) atoms. The first-order chi connectivity index (χ1) is 11.8. The molecule has 2 fully saturated rings. The Kier molecular flexibility index (Phi) is 5.71. The highest BCUT2D eigenvalue weighted by Crippen LogP contribution is 2.32. The van der Waals surface area contributed by atoms with Gasteiger partial charge >= 0.3 is 0 Å². The molecule has 0 aromatic heterocycles. The van der Waals surface area contributed by atoms with Gasteiger partial charge in [0.25, 0.3) is 0 Å². The molecule has 0 radical (unpaired) electrons. The average molecular weight is 385 g/mol. The van der Waals surface area contributed by atoms with Crippen LogP contribution in [0.2, 0.25) is 5.02 Å². The molecule has 1 aromatic rings. The summed E-state index contributed by atoms with van der Waals surface area (Å²) in [5.41, 5.74) is 0.985. The third kappa shape index (κ3) is 4.74. The Hall–Kier alpha value is -1.11. The Morgan fingerprint density at radius 3 is 2.28 bits per heavy atom. The summed E-state index contributed by atoms with van der Waals surface area (Å²) in [6.07, 6.45) is 4.51. The molecule has 3 rings (SSSR count). The number of carbonyl (C=O) groups is 1. The third-order valence-electron chi connectivity index (χ3n) is 5.48. The first kappa shape index (κ1) is 18.7. The minimum atomic E-state index is -3.08. The smallest absolute Gasteiger partial charge is 0.226 e. The molecular formula is C18H25ClN2O3S. The second-order valence-corrected chi connectivity index (χ2v) is 9.61. The number of likely N-dealkylation sites (tertiary alicyclic amines) is 1. The van der Waals surface area contributed by atoms with Gasteiger partial charge in [0.2, 0.25) is 15.9 Å². The first-order valence-corrected chi connectivity index (χ1v) is 11.0. The molecule has 0 spiro atoms.